The molecule has 0 radical (unpaired) electrons. The van der Waals surface area contributed by atoms with E-state index in [1.165, 1.54) is 12.0 Å². The van der Waals surface area contributed by atoms with Crippen molar-refractivity contribution in [3.05, 3.63) is 17.6 Å². The van der Waals surface area contributed by atoms with Gasteiger partial charge in [0, 0.05) is 30.8 Å². The molecule has 3 aliphatic rings. The maximum Gasteiger partial charge on any atom is 0.256 e. The Hall–Kier alpha value is -1.26. The SMILES string of the molecule is FC1(F)CC12CCCN(c1ncnc3c1CCCC3)C2. The van der Waals surface area contributed by atoms with Crippen LogP contribution in [-0.2, 0) is 12.8 Å². The summed E-state index contributed by atoms with van der Waals surface area (Å²) in [5, 5.41) is 0. The molecule has 1 aliphatic heterocycles. The van der Waals surface area contributed by atoms with Gasteiger partial charge in [-0.1, -0.05) is 0 Å². The van der Waals surface area contributed by atoms with E-state index in [1.54, 1.807) is 6.33 Å². The van der Waals surface area contributed by atoms with Crippen LogP contribution >= 0.6 is 0 Å². The van der Waals surface area contributed by atoms with Gasteiger partial charge >= 0.3 is 0 Å². The van der Waals surface area contributed by atoms with Crippen LogP contribution in [-0.4, -0.2) is 29.0 Å². The fourth-order valence-electron chi connectivity index (χ4n) is 3.91. The van der Waals surface area contributed by atoms with Crippen LogP contribution in [0.1, 0.15) is 43.4 Å². The second-order valence-electron chi connectivity index (χ2n) is 6.52. The molecule has 1 atom stereocenters. The van der Waals surface area contributed by atoms with Gasteiger partial charge in [-0.15, -0.1) is 0 Å². The first-order valence-corrected chi connectivity index (χ1v) is 7.57. The summed E-state index contributed by atoms with van der Waals surface area (Å²) < 4.78 is 27.3. The Morgan fingerprint density at radius 2 is 1.90 bits per heavy atom. The number of aromatic nitrogens is 2. The molecule has 2 aliphatic carbocycles. The lowest BCUT2D eigenvalue weighted by Crippen LogP contribution is -2.40. The Kier molecular flexibility index (Phi) is 2.57. The molecule has 1 saturated carbocycles. The molecule has 0 amide bonds. The zero-order chi connectivity index (χ0) is 13.8. The highest BCUT2D eigenvalue weighted by atomic mass is 19.3. The van der Waals surface area contributed by atoms with Crippen molar-refractivity contribution in [1.82, 2.24) is 9.97 Å². The number of hydrogen-bond acceptors (Lipinski definition) is 3. The first-order valence-electron chi connectivity index (χ1n) is 7.57. The van der Waals surface area contributed by atoms with E-state index in [-0.39, 0.29) is 6.42 Å². The molecule has 0 N–H and O–H groups in total. The summed E-state index contributed by atoms with van der Waals surface area (Å²) in [5.74, 6) is -1.53. The molecular weight excluding hydrogens is 260 g/mol. The third kappa shape index (κ3) is 1.75. The Balaban J connectivity index is 1.65. The van der Waals surface area contributed by atoms with Crippen LogP contribution in [0.4, 0.5) is 14.6 Å². The van der Waals surface area contributed by atoms with Crippen LogP contribution in [0, 0.1) is 5.41 Å². The van der Waals surface area contributed by atoms with E-state index < -0.39 is 11.3 Å². The average molecular weight is 279 g/mol. The van der Waals surface area contributed by atoms with Crippen LogP contribution in [0.5, 0.6) is 0 Å². The molecule has 108 valence electrons. The molecule has 2 heterocycles. The minimum Gasteiger partial charge on any atom is -0.355 e. The fraction of sp³-hybridized carbons (Fsp3) is 0.733. The standard InChI is InChI=1S/C15H19F2N3/c16-15(17)8-14(15)6-3-7-20(9-14)13-11-4-1-2-5-12(11)18-10-19-13/h10H,1-9H2. The quantitative estimate of drug-likeness (QED) is 0.791. The molecule has 0 bridgehead atoms. The number of nitrogens with zero attached hydrogens (tertiary/aromatic N) is 3. The monoisotopic (exact) mass is 279 g/mol. The second kappa shape index (κ2) is 4.12. The van der Waals surface area contributed by atoms with Crippen LogP contribution in [0.2, 0.25) is 0 Å². The van der Waals surface area contributed by atoms with Crippen LogP contribution in [0.25, 0.3) is 0 Å². The van der Waals surface area contributed by atoms with Crippen molar-refractivity contribution in [3.63, 3.8) is 0 Å². The average Bonchev–Trinajstić information content (AvgIpc) is 2.97. The lowest BCUT2D eigenvalue weighted by atomic mass is 9.92. The molecule has 20 heavy (non-hydrogen) atoms. The van der Waals surface area contributed by atoms with Gasteiger partial charge in [0.2, 0.25) is 0 Å². The predicted molar refractivity (Wildman–Crippen MR) is 72.1 cm³/mol. The topological polar surface area (TPSA) is 29.0 Å². The first kappa shape index (κ1) is 12.5. The molecule has 5 heteroatoms. The van der Waals surface area contributed by atoms with Crippen molar-refractivity contribution in [2.45, 2.75) is 50.9 Å². The van der Waals surface area contributed by atoms with E-state index in [0.29, 0.717) is 13.0 Å². The lowest BCUT2D eigenvalue weighted by Gasteiger charge is -2.35. The van der Waals surface area contributed by atoms with Gasteiger partial charge in [-0.25, -0.2) is 18.7 Å². The van der Waals surface area contributed by atoms with Gasteiger partial charge in [-0.2, -0.15) is 0 Å². The normalized spacial score (nSPS) is 31.2. The van der Waals surface area contributed by atoms with Gasteiger partial charge in [0.1, 0.15) is 12.1 Å². The van der Waals surface area contributed by atoms with Gasteiger partial charge in [0.25, 0.3) is 5.92 Å². The Labute approximate surface area is 117 Å². The minimum absolute atomic E-state index is 0.0593. The number of anilines is 1. The summed E-state index contributed by atoms with van der Waals surface area (Å²) in [6, 6.07) is 0. The molecule has 1 saturated heterocycles. The highest BCUT2D eigenvalue weighted by Crippen LogP contribution is 2.64. The molecule has 3 nitrogen and oxygen atoms in total. The van der Waals surface area contributed by atoms with Gasteiger partial charge < -0.3 is 4.90 Å². The van der Waals surface area contributed by atoms with E-state index in [4.69, 9.17) is 0 Å². The third-order valence-electron chi connectivity index (χ3n) is 5.19. The van der Waals surface area contributed by atoms with Crippen molar-refractivity contribution >= 4 is 5.82 Å². The number of hydrogen-bond donors (Lipinski definition) is 0. The van der Waals surface area contributed by atoms with Gasteiger partial charge in [-0.3, -0.25) is 0 Å². The van der Waals surface area contributed by atoms with Crippen molar-refractivity contribution in [3.8, 4) is 0 Å². The zero-order valence-electron chi connectivity index (χ0n) is 11.5. The van der Waals surface area contributed by atoms with E-state index in [9.17, 15) is 8.78 Å². The van der Waals surface area contributed by atoms with Gasteiger partial charge in [0.05, 0.1) is 5.41 Å². The molecule has 1 aromatic heterocycles. The second-order valence-corrected chi connectivity index (χ2v) is 6.52. The molecule has 2 fully saturated rings. The maximum atomic E-state index is 13.6. The summed E-state index contributed by atoms with van der Waals surface area (Å²) in [6.07, 6.45) is 7.48. The van der Waals surface area contributed by atoms with Gasteiger partial charge in [0.15, 0.2) is 0 Å². The van der Waals surface area contributed by atoms with Crippen molar-refractivity contribution in [1.29, 1.82) is 0 Å². The Morgan fingerprint density at radius 3 is 2.70 bits per heavy atom. The summed E-state index contributed by atoms with van der Waals surface area (Å²) in [6.45, 7) is 1.31. The van der Waals surface area contributed by atoms with E-state index in [1.807, 2.05) is 0 Å². The predicted octanol–water partition coefficient (Wildman–Crippen LogP) is 2.98. The highest BCUT2D eigenvalue weighted by molar-refractivity contribution is 5.51. The third-order valence-corrected chi connectivity index (χ3v) is 5.19. The molecule has 0 aromatic carbocycles. The number of piperidine rings is 1. The number of fused-ring (bicyclic) bond motifs is 1. The number of rotatable bonds is 1. The largest absolute Gasteiger partial charge is 0.355 e. The number of alkyl halides is 2. The van der Waals surface area contributed by atoms with Crippen LogP contribution in [0.3, 0.4) is 0 Å². The van der Waals surface area contributed by atoms with Crippen LogP contribution in [0.15, 0.2) is 6.33 Å². The summed E-state index contributed by atoms with van der Waals surface area (Å²) in [7, 11) is 0. The van der Waals surface area contributed by atoms with Gasteiger partial charge in [-0.05, 0) is 38.5 Å². The molecular formula is C15H19F2N3. The highest BCUT2D eigenvalue weighted by Gasteiger charge is 2.71. The van der Waals surface area contributed by atoms with Crippen molar-refractivity contribution in [2.75, 3.05) is 18.0 Å². The smallest absolute Gasteiger partial charge is 0.256 e. The summed E-state index contributed by atoms with van der Waals surface area (Å²) in [4.78, 5) is 10.9. The first-order chi connectivity index (χ1) is 9.61. The molecule has 1 aromatic rings. The maximum absolute atomic E-state index is 13.6. The Bertz CT molecular complexity index is 546. The molecule has 1 spiro atoms. The van der Waals surface area contributed by atoms with E-state index in [2.05, 4.69) is 14.9 Å². The summed E-state index contributed by atoms with van der Waals surface area (Å²) >= 11 is 0. The minimum atomic E-state index is -2.46. The van der Waals surface area contributed by atoms with Crippen molar-refractivity contribution in [2.24, 2.45) is 5.41 Å². The fourth-order valence-corrected chi connectivity index (χ4v) is 3.91. The van der Waals surface area contributed by atoms with E-state index in [0.717, 1.165) is 43.7 Å². The zero-order valence-corrected chi connectivity index (χ0v) is 11.5. The summed E-state index contributed by atoms with van der Waals surface area (Å²) in [5.41, 5.74) is 1.57. The van der Waals surface area contributed by atoms with Crippen molar-refractivity contribution < 1.29 is 8.78 Å². The number of halogens is 2. The van der Waals surface area contributed by atoms with Crippen LogP contribution < -0.4 is 4.90 Å². The number of aryl methyl sites for hydroxylation is 1. The Morgan fingerprint density at radius 1 is 1.10 bits per heavy atom. The lowest BCUT2D eigenvalue weighted by molar-refractivity contribution is 0.0574. The van der Waals surface area contributed by atoms with E-state index >= 15 is 0 Å². The molecule has 1 unspecified atom stereocenters. The molecule has 4 rings (SSSR count).